The lowest BCUT2D eigenvalue weighted by Gasteiger charge is -2.00. The zero-order valence-corrected chi connectivity index (χ0v) is 9.73. The largest absolute Gasteiger partial charge is 0.390 e. The monoisotopic (exact) mass is 212 g/mol. The normalized spacial score (nSPS) is 19.9. The molecule has 1 aliphatic carbocycles. The minimum atomic E-state index is 0.674. The quantitative estimate of drug-likeness (QED) is 0.712. The Labute approximate surface area is 90.8 Å². The molecular weight excluding hydrogens is 196 g/mol. The minimum Gasteiger partial charge on any atom is -0.390 e. The summed E-state index contributed by atoms with van der Waals surface area (Å²) in [6, 6.07) is 0. The van der Waals surface area contributed by atoms with E-state index >= 15 is 0 Å². The van der Waals surface area contributed by atoms with Crippen molar-refractivity contribution < 1.29 is 0 Å². The molecule has 1 fully saturated rings. The topological polar surface area (TPSA) is 24.4 Å². The lowest BCUT2D eigenvalue weighted by atomic mass is 10.3. The first-order valence-corrected chi connectivity index (χ1v) is 5.31. The highest BCUT2D eigenvalue weighted by molar-refractivity contribution is 6.39. The number of hydrogen-bond acceptors (Lipinski definition) is 2. The van der Waals surface area contributed by atoms with Crippen LogP contribution >= 0.6 is 11.6 Å². The first-order valence-electron chi connectivity index (χ1n) is 4.93. The minimum absolute atomic E-state index is 0.674. The van der Waals surface area contributed by atoms with E-state index in [1.807, 2.05) is 20.9 Å². The molecule has 0 unspecified atom stereocenters. The van der Waals surface area contributed by atoms with Crippen molar-refractivity contribution in [2.75, 3.05) is 7.05 Å². The van der Waals surface area contributed by atoms with E-state index in [2.05, 4.69) is 16.4 Å². The van der Waals surface area contributed by atoms with Crippen molar-refractivity contribution in [1.29, 1.82) is 0 Å². The van der Waals surface area contributed by atoms with Crippen molar-refractivity contribution >= 4 is 17.8 Å². The zero-order chi connectivity index (χ0) is 10.6. The number of halogens is 1. The molecule has 0 heterocycles. The Bertz CT molecular complexity index is 286. The number of nitrogens with zero attached hydrogens (tertiary/aromatic N) is 1. The van der Waals surface area contributed by atoms with Gasteiger partial charge in [-0.25, -0.2) is 0 Å². The molecule has 0 bridgehead atoms. The molecule has 1 rings (SSSR count). The van der Waals surface area contributed by atoms with Crippen LogP contribution in [0.15, 0.2) is 27.5 Å². The summed E-state index contributed by atoms with van der Waals surface area (Å²) >= 11 is 6.00. The second-order valence-corrected chi connectivity index (χ2v) is 3.88. The van der Waals surface area contributed by atoms with E-state index in [0.717, 1.165) is 11.4 Å². The summed E-state index contributed by atoms with van der Waals surface area (Å²) in [6.45, 7) is 3.95. The summed E-state index contributed by atoms with van der Waals surface area (Å²) < 4.78 is 0. The third kappa shape index (κ3) is 3.18. The first kappa shape index (κ1) is 11.3. The smallest absolute Gasteiger partial charge is 0.0774 e. The van der Waals surface area contributed by atoms with Gasteiger partial charge in [-0.1, -0.05) is 17.7 Å². The molecule has 2 nitrogen and oxygen atoms in total. The third-order valence-electron chi connectivity index (χ3n) is 2.35. The molecule has 0 aromatic carbocycles. The van der Waals surface area contributed by atoms with Crippen molar-refractivity contribution in [2.45, 2.75) is 26.7 Å². The highest BCUT2D eigenvalue weighted by atomic mass is 35.5. The fourth-order valence-corrected chi connectivity index (χ4v) is 1.29. The van der Waals surface area contributed by atoms with Gasteiger partial charge in [0.2, 0.25) is 0 Å². The zero-order valence-electron chi connectivity index (χ0n) is 8.97. The number of allylic oxidation sites excluding steroid dienone is 4. The molecule has 0 amide bonds. The van der Waals surface area contributed by atoms with Gasteiger partial charge in [0.15, 0.2) is 0 Å². The highest BCUT2D eigenvalue weighted by Crippen LogP contribution is 2.36. The molecule has 1 N–H and O–H groups in total. The van der Waals surface area contributed by atoms with E-state index in [9.17, 15) is 0 Å². The standard InChI is InChI=1S/C11H17ClN2/c1-4-11(9-5-6-9)14-7-10(12)8(2)13-3/h4,7,9,13H,5-6H2,1-3H3/b10-8?,11-4-,14-7?. The number of aliphatic imine (C=N–C) groups is 1. The second-order valence-electron chi connectivity index (χ2n) is 3.47. The molecule has 0 saturated heterocycles. The van der Waals surface area contributed by atoms with E-state index in [1.54, 1.807) is 6.21 Å². The summed E-state index contributed by atoms with van der Waals surface area (Å²) in [7, 11) is 1.85. The average Bonchev–Trinajstić information content (AvgIpc) is 3.01. The van der Waals surface area contributed by atoms with Crippen LogP contribution < -0.4 is 5.32 Å². The molecule has 0 aromatic rings. The van der Waals surface area contributed by atoms with Crippen LogP contribution in [0.2, 0.25) is 0 Å². The maximum absolute atomic E-state index is 6.00. The summed E-state index contributed by atoms with van der Waals surface area (Å²) in [5.41, 5.74) is 2.11. The molecule has 78 valence electrons. The van der Waals surface area contributed by atoms with Gasteiger partial charge in [-0.05, 0) is 26.7 Å². The van der Waals surface area contributed by atoms with E-state index in [0.29, 0.717) is 11.0 Å². The molecule has 3 heteroatoms. The van der Waals surface area contributed by atoms with Gasteiger partial charge in [0, 0.05) is 30.6 Å². The Morgan fingerprint density at radius 2 is 2.14 bits per heavy atom. The Morgan fingerprint density at radius 3 is 2.57 bits per heavy atom. The predicted octanol–water partition coefficient (Wildman–Crippen LogP) is 3.06. The van der Waals surface area contributed by atoms with Crippen LogP contribution in [0.4, 0.5) is 0 Å². The number of rotatable bonds is 4. The van der Waals surface area contributed by atoms with Gasteiger partial charge in [0.1, 0.15) is 0 Å². The van der Waals surface area contributed by atoms with Gasteiger partial charge < -0.3 is 5.32 Å². The Hall–Kier alpha value is -0.760. The van der Waals surface area contributed by atoms with Crippen molar-refractivity contribution in [2.24, 2.45) is 10.9 Å². The SMILES string of the molecule is C/C=C(\N=CC(Cl)=C(C)NC)C1CC1. The molecule has 1 aliphatic rings. The summed E-state index contributed by atoms with van der Waals surface area (Å²) in [5.74, 6) is 0.676. The van der Waals surface area contributed by atoms with E-state index in [1.165, 1.54) is 12.8 Å². The Balaban J connectivity index is 2.61. The van der Waals surface area contributed by atoms with Crippen LogP contribution in [0.5, 0.6) is 0 Å². The van der Waals surface area contributed by atoms with Crippen molar-refractivity contribution in [1.82, 2.24) is 5.32 Å². The molecule has 1 saturated carbocycles. The van der Waals surface area contributed by atoms with Crippen LogP contribution in [0.3, 0.4) is 0 Å². The molecular formula is C11H17ClN2. The number of hydrogen-bond donors (Lipinski definition) is 1. The highest BCUT2D eigenvalue weighted by Gasteiger charge is 2.24. The molecule has 0 spiro atoms. The van der Waals surface area contributed by atoms with Crippen molar-refractivity contribution in [3.8, 4) is 0 Å². The van der Waals surface area contributed by atoms with Crippen molar-refractivity contribution in [3.05, 3.63) is 22.5 Å². The average molecular weight is 213 g/mol. The van der Waals surface area contributed by atoms with E-state index in [-0.39, 0.29) is 0 Å². The molecule has 0 radical (unpaired) electrons. The van der Waals surface area contributed by atoms with Crippen LogP contribution in [0, 0.1) is 5.92 Å². The molecule has 0 aliphatic heterocycles. The van der Waals surface area contributed by atoms with Gasteiger partial charge in [-0.15, -0.1) is 0 Å². The fourth-order valence-electron chi connectivity index (χ4n) is 1.14. The van der Waals surface area contributed by atoms with E-state index < -0.39 is 0 Å². The Kier molecular flexibility index (Phi) is 4.21. The summed E-state index contributed by atoms with van der Waals surface area (Å²) in [4.78, 5) is 4.38. The first-order chi connectivity index (χ1) is 6.69. The lowest BCUT2D eigenvalue weighted by Crippen LogP contribution is -2.04. The Morgan fingerprint density at radius 1 is 1.50 bits per heavy atom. The van der Waals surface area contributed by atoms with Gasteiger partial charge in [-0.3, -0.25) is 4.99 Å². The van der Waals surface area contributed by atoms with E-state index in [4.69, 9.17) is 11.6 Å². The van der Waals surface area contributed by atoms with Gasteiger partial charge in [-0.2, -0.15) is 0 Å². The predicted molar refractivity (Wildman–Crippen MR) is 62.6 cm³/mol. The van der Waals surface area contributed by atoms with Crippen LogP contribution in [0.25, 0.3) is 0 Å². The fraction of sp³-hybridized carbons (Fsp3) is 0.545. The van der Waals surface area contributed by atoms with Gasteiger partial charge in [0.05, 0.1) is 5.03 Å². The van der Waals surface area contributed by atoms with Crippen LogP contribution in [-0.4, -0.2) is 13.3 Å². The summed E-state index contributed by atoms with van der Waals surface area (Å²) in [5, 5.41) is 3.66. The maximum atomic E-state index is 6.00. The van der Waals surface area contributed by atoms with Gasteiger partial charge >= 0.3 is 0 Å². The van der Waals surface area contributed by atoms with Gasteiger partial charge in [0.25, 0.3) is 0 Å². The summed E-state index contributed by atoms with van der Waals surface area (Å²) in [6.07, 6.45) is 6.32. The molecule has 14 heavy (non-hydrogen) atoms. The van der Waals surface area contributed by atoms with Crippen LogP contribution in [-0.2, 0) is 0 Å². The molecule has 0 aromatic heterocycles. The number of nitrogens with one attached hydrogen (secondary N) is 1. The maximum Gasteiger partial charge on any atom is 0.0774 e. The second kappa shape index (κ2) is 5.20. The third-order valence-corrected chi connectivity index (χ3v) is 2.73. The molecule has 0 atom stereocenters. The van der Waals surface area contributed by atoms with Crippen LogP contribution in [0.1, 0.15) is 26.7 Å². The lowest BCUT2D eigenvalue weighted by molar-refractivity contribution is 0.973. The van der Waals surface area contributed by atoms with Crippen molar-refractivity contribution in [3.63, 3.8) is 0 Å².